The summed E-state index contributed by atoms with van der Waals surface area (Å²) in [5.41, 5.74) is -0.481. The molecular weight excluding hydrogens is 242 g/mol. The second-order valence-electron chi connectivity index (χ2n) is 5.99. The molecule has 0 aromatic heterocycles. The van der Waals surface area contributed by atoms with Gasteiger partial charge in [0.1, 0.15) is 5.54 Å². The van der Waals surface area contributed by atoms with Crippen LogP contribution in [-0.2, 0) is 9.53 Å². The largest absolute Gasteiger partial charge is 0.468 e. The van der Waals surface area contributed by atoms with Crippen molar-refractivity contribution in [3.05, 3.63) is 0 Å². The lowest BCUT2D eigenvalue weighted by molar-refractivity contribution is -0.150. The second kappa shape index (κ2) is 6.20. The van der Waals surface area contributed by atoms with Gasteiger partial charge in [0.25, 0.3) is 0 Å². The maximum atomic E-state index is 12.3. The lowest BCUT2D eigenvalue weighted by atomic mass is 9.85. The van der Waals surface area contributed by atoms with Crippen LogP contribution < -0.4 is 5.32 Å². The minimum Gasteiger partial charge on any atom is -0.468 e. The molecular formula is C14H27N3O2. The quantitative estimate of drug-likeness (QED) is 0.728. The zero-order valence-corrected chi connectivity index (χ0v) is 12.4. The highest BCUT2D eigenvalue weighted by molar-refractivity contribution is 5.82. The van der Waals surface area contributed by atoms with Crippen LogP contribution in [-0.4, -0.2) is 74.7 Å². The van der Waals surface area contributed by atoms with Crippen LogP contribution in [0.25, 0.3) is 0 Å². The van der Waals surface area contributed by atoms with Gasteiger partial charge in [-0.05, 0) is 39.9 Å². The molecule has 0 aromatic rings. The number of esters is 1. The zero-order valence-electron chi connectivity index (χ0n) is 12.4. The Hall–Kier alpha value is -0.650. The molecule has 2 saturated heterocycles. The molecule has 0 aliphatic carbocycles. The number of hydrogen-bond acceptors (Lipinski definition) is 5. The Labute approximate surface area is 116 Å². The van der Waals surface area contributed by atoms with E-state index in [0.29, 0.717) is 6.04 Å². The summed E-state index contributed by atoms with van der Waals surface area (Å²) in [7, 11) is 5.60. The summed E-state index contributed by atoms with van der Waals surface area (Å²) in [5.74, 6) is -0.0827. The molecule has 2 rings (SSSR count). The Morgan fingerprint density at radius 2 is 2.21 bits per heavy atom. The highest BCUT2D eigenvalue weighted by atomic mass is 16.5. The molecule has 0 spiro atoms. The Morgan fingerprint density at radius 3 is 2.89 bits per heavy atom. The average molecular weight is 269 g/mol. The number of rotatable bonds is 5. The molecule has 0 bridgehead atoms. The van der Waals surface area contributed by atoms with E-state index in [1.165, 1.54) is 20.0 Å². The van der Waals surface area contributed by atoms with Crippen molar-refractivity contribution in [3.63, 3.8) is 0 Å². The van der Waals surface area contributed by atoms with Gasteiger partial charge >= 0.3 is 5.97 Å². The maximum absolute atomic E-state index is 12.3. The van der Waals surface area contributed by atoms with E-state index in [4.69, 9.17) is 4.74 Å². The van der Waals surface area contributed by atoms with E-state index in [-0.39, 0.29) is 5.97 Å². The van der Waals surface area contributed by atoms with E-state index in [2.05, 4.69) is 15.1 Å². The van der Waals surface area contributed by atoms with Crippen molar-refractivity contribution in [1.29, 1.82) is 0 Å². The summed E-state index contributed by atoms with van der Waals surface area (Å²) in [6, 6.07) is 0.316. The molecule has 0 amide bonds. The number of carbonyl (C=O) groups is 1. The summed E-state index contributed by atoms with van der Waals surface area (Å²) < 4.78 is 5.10. The van der Waals surface area contributed by atoms with Crippen LogP contribution in [0.15, 0.2) is 0 Å². The van der Waals surface area contributed by atoms with Gasteiger partial charge in [-0.3, -0.25) is 10.2 Å². The molecule has 19 heavy (non-hydrogen) atoms. The van der Waals surface area contributed by atoms with E-state index in [1.54, 1.807) is 0 Å². The van der Waals surface area contributed by atoms with Gasteiger partial charge in [0.2, 0.25) is 0 Å². The molecule has 110 valence electrons. The second-order valence-corrected chi connectivity index (χ2v) is 5.99. The zero-order chi connectivity index (χ0) is 13.9. The van der Waals surface area contributed by atoms with Gasteiger partial charge in [0.05, 0.1) is 7.11 Å². The van der Waals surface area contributed by atoms with Crippen LogP contribution in [0, 0.1) is 0 Å². The van der Waals surface area contributed by atoms with Crippen molar-refractivity contribution in [2.75, 3.05) is 47.4 Å². The van der Waals surface area contributed by atoms with Crippen LogP contribution in [0.5, 0.6) is 0 Å². The molecule has 1 N–H and O–H groups in total. The number of likely N-dealkylation sites (N-methyl/N-ethyl adjacent to an activating group) is 1. The molecule has 0 aromatic carbocycles. The molecule has 5 heteroatoms. The first-order chi connectivity index (χ1) is 9.10. The van der Waals surface area contributed by atoms with Crippen molar-refractivity contribution < 1.29 is 9.53 Å². The standard InChI is InChI=1S/C14H27N3O2/c1-16(2)11-8-15-14(13(18)19-3)7-10-17-9-5-4-6-12(14)17/h12,15H,4-11H2,1-3H3. The van der Waals surface area contributed by atoms with Gasteiger partial charge in [-0.2, -0.15) is 0 Å². The molecule has 2 heterocycles. The SMILES string of the molecule is COC(=O)C1(NCCN(C)C)CCN2CCCCC21. The molecule has 2 unspecified atom stereocenters. The van der Waals surface area contributed by atoms with Crippen molar-refractivity contribution in [2.24, 2.45) is 0 Å². The number of nitrogens with one attached hydrogen (secondary N) is 1. The highest BCUT2D eigenvalue weighted by Gasteiger charge is 2.53. The lowest BCUT2D eigenvalue weighted by Crippen LogP contribution is -2.62. The molecule has 2 atom stereocenters. The van der Waals surface area contributed by atoms with Gasteiger partial charge in [-0.25, -0.2) is 4.79 Å². The first kappa shape index (κ1) is 14.8. The Kier molecular flexibility index (Phi) is 4.81. The molecule has 2 aliphatic heterocycles. The van der Waals surface area contributed by atoms with Gasteiger partial charge < -0.3 is 9.64 Å². The Balaban J connectivity index is 2.08. The number of ether oxygens (including phenoxy) is 1. The third-order valence-electron chi connectivity index (χ3n) is 4.52. The van der Waals surface area contributed by atoms with Gasteiger partial charge in [0, 0.05) is 25.7 Å². The van der Waals surface area contributed by atoms with Gasteiger partial charge in [-0.1, -0.05) is 6.42 Å². The molecule has 0 saturated carbocycles. The van der Waals surface area contributed by atoms with Crippen LogP contribution >= 0.6 is 0 Å². The summed E-state index contributed by atoms with van der Waals surface area (Å²) in [5, 5.41) is 3.52. The molecule has 0 radical (unpaired) electrons. The van der Waals surface area contributed by atoms with Crippen molar-refractivity contribution in [2.45, 2.75) is 37.3 Å². The van der Waals surface area contributed by atoms with E-state index in [9.17, 15) is 4.79 Å². The minimum atomic E-state index is -0.481. The number of nitrogens with zero attached hydrogens (tertiary/aromatic N) is 2. The monoisotopic (exact) mass is 269 g/mol. The summed E-state index contributed by atoms with van der Waals surface area (Å²) in [6.45, 7) is 3.89. The Morgan fingerprint density at radius 1 is 1.42 bits per heavy atom. The average Bonchev–Trinajstić information content (AvgIpc) is 2.78. The first-order valence-electron chi connectivity index (χ1n) is 7.32. The van der Waals surface area contributed by atoms with Gasteiger partial charge in [-0.15, -0.1) is 0 Å². The fourth-order valence-corrected chi connectivity index (χ4v) is 3.50. The minimum absolute atomic E-state index is 0.0827. The van der Waals surface area contributed by atoms with E-state index >= 15 is 0 Å². The fraction of sp³-hybridized carbons (Fsp3) is 0.929. The molecule has 2 fully saturated rings. The lowest BCUT2D eigenvalue weighted by Gasteiger charge is -2.39. The predicted molar refractivity (Wildman–Crippen MR) is 75.1 cm³/mol. The normalized spacial score (nSPS) is 31.5. The van der Waals surface area contributed by atoms with Crippen molar-refractivity contribution >= 4 is 5.97 Å². The van der Waals surface area contributed by atoms with Crippen LogP contribution in [0.3, 0.4) is 0 Å². The van der Waals surface area contributed by atoms with Crippen LogP contribution in [0.2, 0.25) is 0 Å². The third-order valence-corrected chi connectivity index (χ3v) is 4.52. The van der Waals surface area contributed by atoms with Crippen molar-refractivity contribution in [3.8, 4) is 0 Å². The van der Waals surface area contributed by atoms with Crippen molar-refractivity contribution in [1.82, 2.24) is 15.1 Å². The van der Waals surface area contributed by atoms with E-state index in [0.717, 1.165) is 39.0 Å². The number of hydrogen-bond donors (Lipinski definition) is 1. The van der Waals surface area contributed by atoms with E-state index < -0.39 is 5.54 Å². The fourth-order valence-electron chi connectivity index (χ4n) is 3.50. The summed E-state index contributed by atoms with van der Waals surface area (Å²) >= 11 is 0. The third kappa shape index (κ3) is 2.93. The molecule has 5 nitrogen and oxygen atoms in total. The number of fused-ring (bicyclic) bond motifs is 1. The highest BCUT2D eigenvalue weighted by Crippen LogP contribution is 2.36. The summed E-state index contributed by atoms with van der Waals surface area (Å²) in [6.07, 6.45) is 4.45. The molecule has 2 aliphatic rings. The Bertz CT molecular complexity index is 322. The first-order valence-corrected chi connectivity index (χ1v) is 7.32. The number of methoxy groups -OCH3 is 1. The van der Waals surface area contributed by atoms with E-state index in [1.807, 2.05) is 14.1 Å². The summed E-state index contributed by atoms with van der Waals surface area (Å²) in [4.78, 5) is 16.9. The van der Waals surface area contributed by atoms with Crippen LogP contribution in [0.4, 0.5) is 0 Å². The maximum Gasteiger partial charge on any atom is 0.327 e. The van der Waals surface area contributed by atoms with Gasteiger partial charge in [0.15, 0.2) is 0 Å². The predicted octanol–water partition coefficient (Wildman–Crippen LogP) is 0.308. The number of carbonyl (C=O) groups excluding carboxylic acids is 1. The topological polar surface area (TPSA) is 44.8 Å². The number of piperidine rings is 1. The smallest absolute Gasteiger partial charge is 0.327 e. The van der Waals surface area contributed by atoms with Crippen LogP contribution in [0.1, 0.15) is 25.7 Å².